The van der Waals surface area contributed by atoms with E-state index < -0.39 is 12.0 Å². The Bertz CT molecular complexity index is 497. The normalized spacial score (nSPS) is 17.8. The number of carboxylic acids is 1. The molecule has 114 valence electrons. The van der Waals surface area contributed by atoms with Crippen LogP contribution in [0.1, 0.15) is 5.56 Å². The van der Waals surface area contributed by atoms with Gasteiger partial charge in [0.2, 0.25) is 0 Å². The average molecular weight is 310 g/mol. The van der Waals surface area contributed by atoms with E-state index in [4.69, 9.17) is 10.2 Å². The molecular weight excluding hydrogens is 292 g/mol. The quantitative estimate of drug-likeness (QED) is 0.850. The highest BCUT2D eigenvalue weighted by molar-refractivity contribution is 7.99. The van der Waals surface area contributed by atoms with Crippen molar-refractivity contribution in [2.75, 3.05) is 24.8 Å². The van der Waals surface area contributed by atoms with E-state index in [-0.39, 0.29) is 19.2 Å². The van der Waals surface area contributed by atoms with Crippen LogP contribution in [0.25, 0.3) is 0 Å². The molecule has 1 heterocycles. The number of thioether (sulfide) groups is 1. The van der Waals surface area contributed by atoms with Crippen molar-refractivity contribution in [3.63, 3.8) is 0 Å². The summed E-state index contributed by atoms with van der Waals surface area (Å²) in [6.45, 7) is 0.381. The fourth-order valence-electron chi connectivity index (χ4n) is 2.18. The summed E-state index contributed by atoms with van der Waals surface area (Å²) in [7, 11) is 0. The second kappa shape index (κ2) is 7.33. The topological polar surface area (TPSA) is 81.1 Å². The van der Waals surface area contributed by atoms with Gasteiger partial charge in [-0.15, -0.1) is 11.8 Å². The van der Waals surface area contributed by atoms with Crippen LogP contribution in [-0.4, -0.2) is 62.8 Å². The Morgan fingerprint density at radius 1 is 1.33 bits per heavy atom. The molecule has 6 nitrogen and oxygen atoms in total. The summed E-state index contributed by atoms with van der Waals surface area (Å²) in [4.78, 5) is 26.5. The van der Waals surface area contributed by atoms with Crippen LogP contribution in [0.2, 0.25) is 0 Å². The third-order valence-corrected chi connectivity index (χ3v) is 4.28. The van der Waals surface area contributed by atoms with Crippen LogP contribution in [0, 0.1) is 0 Å². The van der Waals surface area contributed by atoms with E-state index in [1.165, 1.54) is 21.6 Å². The number of nitrogens with zero attached hydrogens (tertiary/aromatic N) is 2. The third kappa shape index (κ3) is 3.89. The van der Waals surface area contributed by atoms with Gasteiger partial charge in [-0.3, -0.25) is 0 Å². The highest BCUT2D eigenvalue weighted by Gasteiger charge is 2.36. The molecule has 1 aromatic rings. The molecule has 2 rings (SSSR count). The number of urea groups is 1. The Morgan fingerprint density at radius 3 is 2.67 bits per heavy atom. The van der Waals surface area contributed by atoms with Crippen LogP contribution in [0.4, 0.5) is 4.79 Å². The van der Waals surface area contributed by atoms with Crippen molar-refractivity contribution in [1.29, 1.82) is 0 Å². The van der Waals surface area contributed by atoms with Gasteiger partial charge in [-0.2, -0.15) is 0 Å². The Hall–Kier alpha value is -1.73. The highest BCUT2D eigenvalue weighted by Crippen LogP contribution is 2.23. The standard InChI is InChI=1S/C14H18N2O4S/c17-7-6-15(8-11-4-2-1-3-5-11)14(20)16-10-21-9-12(16)13(18)19/h1-5,12,17H,6-10H2,(H,18,19)/t12-/m0/s1. The Morgan fingerprint density at radius 2 is 2.05 bits per heavy atom. The maximum absolute atomic E-state index is 12.5. The third-order valence-electron chi connectivity index (χ3n) is 3.27. The van der Waals surface area contributed by atoms with E-state index in [9.17, 15) is 9.59 Å². The summed E-state index contributed by atoms with van der Waals surface area (Å²) in [5.41, 5.74) is 0.943. The molecule has 1 aliphatic rings. The van der Waals surface area contributed by atoms with E-state index >= 15 is 0 Å². The van der Waals surface area contributed by atoms with Gasteiger partial charge >= 0.3 is 12.0 Å². The summed E-state index contributed by atoms with van der Waals surface area (Å²) in [5.74, 6) is -0.219. The fourth-order valence-corrected chi connectivity index (χ4v) is 3.32. The van der Waals surface area contributed by atoms with Crippen molar-refractivity contribution in [2.45, 2.75) is 12.6 Å². The molecule has 1 atom stereocenters. The number of hydrogen-bond acceptors (Lipinski definition) is 4. The highest BCUT2D eigenvalue weighted by atomic mass is 32.2. The second-order valence-electron chi connectivity index (χ2n) is 4.74. The molecule has 0 bridgehead atoms. The van der Waals surface area contributed by atoms with Gasteiger partial charge < -0.3 is 20.0 Å². The Kier molecular flexibility index (Phi) is 5.46. The SMILES string of the molecule is O=C(O)[C@@H]1CSCN1C(=O)N(CCO)Cc1ccccc1. The van der Waals surface area contributed by atoms with Gasteiger partial charge in [-0.05, 0) is 5.56 Å². The molecule has 2 amide bonds. The maximum atomic E-state index is 12.5. The number of aliphatic hydroxyl groups excluding tert-OH is 1. The Labute approximate surface area is 127 Å². The molecule has 21 heavy (non-hydrogen) atoms. The number of rotatable bonds is 5. The lowest BCUT2D eigenvalue weighted by Gasteiger charge is -2.29. The molecule has 0 saturated carbocycles. The zero-order chi connectivity index (χ0) is 15.2. The molecule has 0 unspecified atom stereocenters. The predicted molar refractivity (Wildman–Crippen MR) is 79.9 cm³/mol. The van der Waals surface area contributed by atoms with Crippen molar-refractivity contribution in [2.24, 2.45) is 0 Å². The zero-order valence-electron chi connectivity index (χ0n) is 11.5. The molecule has 2 N–H and O–H groups in total. The number of amides is 2. The molecule has 0 spiro atoms. The molecule has 0 aromatic heterocycles. The van der Waals surface area contributed by atoms with Crippen LogP contribution in [0.5, 0.6) is 0 Å². The van der Waals surface area contributed by atoms with Crippen LogP contribution in [0.15, 0.2) is 30.3 Å². The summed E-state index contributed by atoms with van der Waals surface area (Å²) < 4.78 is 0. The van der Waals surface area contributed by atoms with Crippen LogP contribution in [-0.2, 0) is 11.3 Å². The first-order valence-corrected chi connectivity index (χ1v) is 7.80. The Balaban J connectivity index is 2.10. The first-order valence-electron chi connectivity index (χ1n) is 6.64. The van der Waals surface area contributed by atoms with E-state index in [1.807, 2.05) is 30.3 Å². The van der Waals surface area contributed by atoms with E-state index in [1.54, 1.807) is 0 Å². The van der Waals surface area contributed by atoms with Gasteiger partial charge in [0.15, 0.2) is 0 Å². The fraction of sp³-hybridized carbons (Fsp3) is 0.429. The minimum atomic E-state index is -0.989. The molecular formula is C14H18N2O4S. The minimum absolute atomic E-state index is 0.155. The van der Waals surface area contributed by atoms with Gasteiger partial charge in [0.25, 0.3) is 0 Å². The largest absolute Gasteiger partial charge is 0.480 e. The predicted octanol–water partition coefficient (Wildman–Crippen LogP) is 1.06. The van der Waals surface area contributed by atoms with Crippen molar-refractivity contribution in [1.82, 2.24) is 9.80 Å². The summed E-state index contributed by atoms with van der Waals surface area (Å²) in [6, 6.07) is 8.30. The average Bonchev–Trinajstić information content (AvgIpc) is 2.97. The van der Waals surface area contributed by atoms with Gasteiger partial charge in [0.1, 0.15) is 6.04 Å². The molecule has 1 aliphatic heterocycles. The zero-order valence-corrected chi connectivity index (χ0v) is 12.3. The number of aliphatic hydroxyl groups is 1. The van der Waals surface area contributed by atoms with Gasteiger partial charge in [0, 0.05) is 18.8 Å². The minimum Gasteiger partial charge on any atom is -0.480 e. The molecule has 1 saturated heterocycles. The molecule has 7 heteroatoms. The molecule has 0 radical (unpaired) electrons. The van der Waals surface area contributed by atoms with Crippen molar-refractivity contribution in [3.8, 4) is 0 Å². The monoisotopic (exact) mass is 310 g/mol. The molecule has 0 aliphatic carbocycles. The van der Waals surface area contributed by atoms with Gasteiger partial charge in [-0.1, -0.05) is 30.3 Å². The number of carbonyl (C=O) groups excluding carboxylic acids is 1. The lowest BCUT2D eigenvalue weighted by Crippen LogP contribution is -2.49. The van der Waals surface area contributed by atoms with E-state index in [0.717, 1.165) is 5.56 Å². The summed E-state index contributed by atoms with van der Waals surface area (Å²) in [5, 5.41) is 18.3. The number of hydrogen-bond donors (Lipinski definition) is 2. The number of carbonyl (C=O) groups is 2. The second-order valence-corrected chi connectivity index (χ2v) is 5.74. The van der Waals surface area contributed by atoms with E-state index in [0.29, 0.717) is 18.2 Å². The maximum Gasteiger partial charge on any atom is 0.327 e. The van der Waals surface area contributed by atoms with E-state index in [2.05, 4.69) is 0 Å². The van der Waals surface area contributed by atoms with Crippen molar-refractivity contribution in [3.05, 3.63) is 35.9 Å². The first kappa shape index (κ1) is 15.7. The lowest BCUT2D eigenvalue weighted by atomic mass is 10.2. The summed E-state index contributed by atoms with van der Waals surface area (Å²) >= 11 is 1.42. The smallest absolute Gasteiger partial charge is 0.327 e. The van der Waals surface area contributed by atoms with Crippen LogP contribution < -0.4 is 0 Å². The van der Waals surface area contributed by atoms with Crippen LogP contribution in [0.3, 0.4) is 0 Å². The van der Waals surface area contributed by atoms with Gasteiger partial charge in [0.05, 0.1) is 12.5 Å². The molecule has 1 aromatic carbocycles. The van der Waals surface area contributed by atoms with Crippen molar-refractivity contribution < 1.29 is 19.8 Å². The molecule has 1 fully saturated rings. The summed E-state index contributed by atoms with van der Waals surface area (Å²) in [6.07, 6.45) is 0. The van der Waals surface area contributed by atoms with Crippen molar-refractivity contribution >= 4 is 23.8 Å². The van der Waals surface area contributed by atoms with Gasteiger partial charge in [-0.25, -0.2) is 9.59 Å². The number of carboxylic acid groups (broad SMARTS) is 1. The number of benzene rings is 1. The number of aliphatic carboxylic acids is 1. The van der Waals surface area contributed by atoms with Crippen LogP contribution >= 0.6 is 11.8 Å². The first-order chi connectivity index (χ1) is 10.1. The lowest BCUT2D eigenvalue weighted by molar-refractivity contribution is -0.140.